The van der Waals surface area contributed by atoms with Crippen molar-refractivity contribution in [2.45, 2.75) is 19.3 Å². The summed E-state index contributed by atoms with van der Waals surface area (Å²) in [6.07, 6.45) is 1.27. The quantitative estimate of drug-likeness (QED) is 0.718. The third kappa shape index (κ3) is 3.47. The van der Waals surface area contributed by atoms with Crippen molar-refractivity contribution in [3.8, 4) is 5.75 Å². The zero-order chi connectivity index (χ0) is 12.8. The van der Waals surface area contributed by atoms with Crippen LogP contribution in [0.15, 0.2) is 24.3 Å². The average Bonchev–Trinajstić information content (AvgIpc) is 3.15. The van der Waals surface area contributed by atoms with E-state index in [1.165, 1.54) is 12.0 Å². The van der Waals surface area contributed by atoms with E-state index < -0.39 is 0 Å². The molecule has 18 heavy (non-hydrogen) atoms. The summed E-state index contributed by atoms with van der Waals surface area (Å²) in [6.45, 7) is 5.57. The van der Waals surface area contributed by atoms with Crippen LogP contribution in [0, 0.1) is 5.92 Å². The molecule has 3 nitrogen and oxygen atoms in total. The van der Waals surface area contributed by atoms with Crippen molar-refractivity contribution in [2.75, 3.05) is 33.4 Å². The first-order valence-corrected chi connectivity index (χ1v) is 6.78. The third-order valence-electron chi connectivity index (χ3n) is 3.43. The minimum Gasteiger partial charge on any atom is -0.494 e. The number of hydrogen-bond acceptors (Lipinski definition) is 3. The Balaban J connectivity index is 1.83. The van der Waals surface area contributed by atoms with Crippen LogP contribution >= 0.6 is 0 Å². The molecule has 0 saturated heterocycles. The number of hydrogen-bond donors (Lipinski definition) is 1. The number of para-hydroxylation sites is 1. The van der Waals surface area contributed by atoms with Gasteiger partial charge in [-0.2, -0.15) is 0 Å². The Hall–Kier alpha value is -1.06. The lowest BCUT2D eigenvalue weighted by Crippen LogP contribution is -2.21. The summed E-state index contributed by atoms with van der Waals surface area (Å²) in [5.74, 6) is 2.48. The minimum absolute atomic E-state index is 0.669. The van der Waals surface area contributed by atoms with E-state index in [-0.39, 0.29) is 0 Å². The Morgan fingerprint density at radius 2 is 2.17 bits per heavy atom. The van der Waals surface area contributed by atoms with Crippen molar-refractivity contribution in [3.63, 3.8) is 0 Å². The number of rotatable bonds is 8. The molecule has 0 radical (unpaired) electrons. The second kappa shape index (κ2) is 6.76. The maximum Gasteiger partial charge on any atom is 0.122 e. The fraction of sp³-hybridized carbons (Fsp3) is 0.600. The van der Waals surface area contributed by atoms with Gasteiger partial charge >= 0.3 is 0 Å². The molecule has 2 atom stereocenters. The van der Waals surface area contributed by atoms with Crippen LogP contribution in [0.1, 0.15) is 24.8 Å². The van der Waals surface area contributed by atoms with Gasteiger partial charge in [-0.3, -0.25) is 0 Å². The Kier molecular flexibility index (Phi) is 5.02. The highest BCUT2D eigenvalue weighted by Gasteiger charge is 2.39. The molecule has 0 amide bonds. The van der Waals surface area contributed by atoms with Crippen LogP contribution < -0.4 is 10.1 Å². The molecule has 1 aromatic carbocycles. The number of ether oxygens (including phenoxy) is 2. The summed E-state index contributed by atoms with van der Waals surface area (Å²) in [7, 11) is 1.74. The summed E-state index contributed by atoms with van der Waals surface area (Å²) in [4.78, 5) is 0. The van der Waals surface area contributed by atoms with Crippen LogP contribution in [0.2, 0.25) is 0 Å². The fourth-order valence-corrected chi connectivity index (χ4v) is 2.39. The molecule has 2 rings (SSSR count). The molecule has 0 heterocycles. The topological polar surface area (TPSA) is 30.5 Å². The molecule has 1 aromatic rings. The summed E-state index contributed by atoms with van der Waals surface area (Å²) in [5.41, 5.74) is 1.37. The molecular formula is C15H23NO2. The molecule has 100 valence electrons. The van der Waals surface area contributed by atoms with Gasteiger partial charge in [0.25, 0.3) is 0 Å². The number of methoxy groups -OCH3 is 1. The Labute approximate surface area is 109 Å². The van der Waals surface area contributed by atoms with Crippen molar-refractivity contribution in [2.24, 2.45) is 5.92 Å². The average molecular weight is 249 g/mol. The van der Waals surface area contributed by atoms with Crippen LogP contribution in [0.4, 0.5) is 0 Å². The van der Waals surface area contributed by atoms with Crippen molar-refractivity contribution in [1.82, 2.24) is 5.32 Å². The van der Waals surface area contributed by atoms with Crippen LogP contribution in [0.25, 0.3) is 0 Å². The first kappa shape index (κ1) is 13.4. The van der Waals surface area contributed by atoms with Gasteiger partial charge < -0.3 is 14.8 Å². The maximum atomic E-state index is 5.69. The van der Waals surface area contributed by atoms with Gasteiger partial charge in [0.05, 0.1) is 13.2 Å². The van der Waals surface area contributed by atoms with E-state index in [1.54, 1.807) is 7.11 Å². The Morgan fingerprint density at radius 1 is 1.33 bits per heavy atom. The van der Waals surface area contributed by atoms with E-state index in [9.17, 15) is 0 Å². The second-order valence-corrected chi connectivity index (χ2v) is 4.77. The fourth-order valence-electron chi connectivity index (χ4n) is 2.39. The lowest BCUT2D eigenvalue weighted by molar-refractivity contribution is 0.199. The van der Waals surface area contributed by atoms with E-state index in [4.69, 9.17) is 9.47 Å². The molecule has 0 bridgehead atoms. The van der Waals surface area contributed by atoms with E-state index in [0.717, 1.165) is 38.0 Å². The van der Waals surface area contributed by atoms with Gasteiger partial charge in [0.1, 0.15) is 5.75 Å². The lowest BCUT2D eigenvalue weighted by Gasteiger charge is -2.10. The largest absolute Gasteiger partial charge is 0.494 e. The van der Waals surface area contributed by atoms with Crippen molar-refractivity contribution < 1.29 is 9.47 Å². The van der Waals surface area contributed by atoms with Crippen molar-refractivity contribution >= 4 is 0 Å². The summed E-state index contributed by atoms with van der Waals surface area (Å²) in [6, 6.07) is 8.42. The first-order valence-electron chi connectivity index (χ1n) is 6.78. The monoisotopic (exact) mass is 249 g/mol. The molecular weight excluding hydrogens is 226 g/mol. The van der Waals surface area contributed by atoms with Crippen LogP contribution in [0.3, 0.4) is 0 Å². The van der Waals surface area contributed by atoms with E-state index >= 15 is 0 Å². The minimum atomic E-state index is 0.669. The van der Waals surface area contributed by atoms with Gasteiger partial charge in [-0.05, 0) is 43.4 Å². The highest BCUT2D eigenvalue weighted by molar-refractivity contribution is 5.39. The summed E-state index contributed by atoms with van der Waals surface area (Å²) >= 11 is 0. The zero-order valence-electron chi connectivity index (χ0n) is 11.3. The summed E-state index contributed by atoms with van der Waals surface area (Å²) in [5, 5.41) is 3.43. The van der Waals surface area contributed by atoms with Crippen LogP contribution in [0.5, 0.6) is 5.75 Å². The molecule has 1 aliphatic rings. The molecule has 3 heteroatoms. The van der Waals surface area contributed by atoms with Gasteiger partial charge in [-0.25, -0.2) is 0 Å². The molecule has 1 fully saturated rings. The molecule has 1 aliphatic carbocycles. The lowest BCUT2D eigenvalue weighted by atomic mass is 10.1. The zero-order valence-corrected chi connectivity index (χ0v) is 11.3. The molecule has 0 spiro atoms. The molecule has 2 unspecified atom stereocenters. The standard InChI is InChI=1S/C15H23NO2/c1-3-18-15-7-5-4-6-13(15)14-10-12(14)11-16-8-9-17-2/h4-7,12,14,16H,3,8-11H2,1-2H3. The van der Waals surface area contributed by atoms with Gasteiger partial charge in [-0.1, -0.05) is 18.2 Å². The Morgan fingerprint density at radius 3 is 2.94 bits per heavy atom. The van der Waals surface area contributed by atoms with Crippen molar-refractivity contribution in [1.29, 1.82) is 0 Å². The Bertz CT molecular complexity index is 367. The molecule has 0 aliphatic heterocycles. The van der Waals surface area contributed by atoms with Gasteiger partial charge in [-0.15, -0.1) is 0 Å². The molecule has 1 N–H and O–H groups in total. The van der Waals surface area contributed by atoms with Crippen LogP contribution in [-0.4, -0.2) is 33.4 Å². The van der Waals surface area contributed by atoms with Crippen molar-refractivity contribution in [3.05, 3.63) is 29.8 Å². The SMILES string of the molecule is CCOc1ccccc1C1CC1CNCCOC. The third-order valence-corrected chi connectivity index (χ3v) is 3.43. The highest BCUT2D eigenvalue weighted by atomic mass is 16.5. The smallest absolute Gasteiger partial charge is 0.122 e. The molecule has 1 saturated carbocycles. The van der Waals surface area contributed by atoms with E-state index in [0.29, 0.717) is 5.92 Å². The van der Waals surface area contributed by atoms with Gasteiger partial charge in [0.2, 0.25) is 0 Å². The van der Waals surface area contributed by atoms with Gasteiger partial charge in [0, 0.05) is 13.7 Å². The first-order chi connectivity index (χ1) is 8.86. The highest BCUT2D eigenvalue weighted by Crippen LogP contribution is 2.49. The van der Waals surface area contributed by atoms with E-state index in [2.05, 4.69) is 23.5 Å². The van der Waals surface area contributed by atoms with E-state index in [1.807, 2.05) is 13.0 Å². The maximum absolute atomic E-state index is 5.69. The number of nitrogens with one attached hydrogen (secondary N) is 1. The summed E-state index contributed by atoms with van der Waals surface area (Å²) < 4.78 is 10.7. The predicted molar refractivity (Wildman–Crippen MR) is 73.2 cm³/mol. The number of benzene rings is 1. The van der Waals surface area contributed by atoms with Crippen LogP contribution in [-0.2, 0) is 4.74 Å². The normalized spacial score (nSPS) is 21.9. The second-order valence-electron chi connectivity index (χ2n) is 4.77. The predicted octanol–water partition coefficient (Wildman–Crippen LogP) is 2.42. The molecule has 0 aromatic heterocycles. The van der Waals surface area contributed by atoms with Gasteiger partial charge in [0.15, 0.2) is 0 Å².